The maximum absolute atomic E-state index is 12.0. The Balaban J connectivity index is 1.80. The minimum absolute atomic E-state index is 0.185. The van der Waals surface area contributed by atoms with E-state index in [4.69, 9.17) is 5.26 Å². The number of rotatable bonds is 7. The first-order valence-corrected chi connectivity index (χ1v) is 9.55. The van der Waals surface area contributed by atoms with E-state index < -0.39 is 15.9 Å². The smallest absolute Gasteiger partial charge is 0.190 e. The first-order chi connectivity index (χ1) is 10.0. The molecule has 0 aliphatic rings. The Bertz CT molecular complexity index is 714. The minimum Gasteiger partial charge on any atom is -0.391 e. The zero-order valence-electron chi connectivity index (χ0n) is 11.0. The van der Waals surface area contributed by atoms with E-state index in [2.05, 4.69) is 5.32 Å². The number of sulfone groups is 1. The molecule has 0 amide bonds. The molecule has 0 saturated heterocycles. The molecule has 0 saturated carbocycles. The zero-order chi connectivity index (χ0) is 15.3. The number of thiophene rings is 2. The van der Waals surface area contributed by atoms with Gasteiger partial charge in [0.2, 0.25) is 0 Å². The van der Waals surface area contributed by atoms with Crippen molar-refractivity contribution < 1.29 is 13.5 Å². The molecule has 2 heterocycles. The second-order valence-corrected chi connectivity index (χ2v) is 8.62. The summed E-state index contributed by atoms with van der Waals surface area (Å²) in [4.78, 5) is 0.972. The van der Waals surface area contributed by atoms with E-state index >= 15 is 0 Å². The second-order valence-electron chi connectivity index (χ2n) is 4.41. The van der Waals surface area contributed by atoms with E-state index in [1.807, 2.05) is 6.07 Å². The van der Waals surface area contributed by atoms with Crippen molar-refractivity contribution in [2.24, 2.45) is 0 Å². The van der Waals surface area contributed by atoms with Gasteiger partial charge in [0.25, 0.3) is 0 Å². The van der Waals surface area contributed by atoms with Crippen molar-refractivity contribution in [2.45, 2.75) is 16.9 Å². The van der Waals surface area contributed by atoms with E-state index in [1.165, 1.54) is 17.4 Å². The van der Waals surface area contributed by atoms with Gasteiger partial charge < -0.3 is 10.4 Å². The minimum atomic E-state index is -3.42. The molecule has 2 aromatic heterocycles. The van der Waals surface area contributed by atoms with Crippen LogP contribution in [-0.2, 0) is 16.4 Å². The van der Waals surface area contributed by atoms with Crippen LogP contribution in [0, 0.1) is 11.3 Å². The van der Waals surface area contributed by atoms with Crippen molar-refractivity contribution in [1.29, 1.82) is 5.26 Å². The van der Waals surface area contributed by atoms with Crippen molar-refractivity contribution in [1.82, 2.24) is 5.32 Å². The summed E-state index contributed by atoms with van der Waals surface area (Å²) in [6, 6.07) is 7.03. The Morgan fingerprint density at radius 3 is 2.86 bits per heavy atom. The molecule has 1 unspecified atom stereocenters. The third-order valence-electron chi connectivity index (χ3n) is 2.68. The lowest BCUT2D eigenvalue weighted by atomic mass is 10.3. The van der Waals surface area contributed by atoms with Crippen LogP contribution >= 0.6 is 22.7 Å². The van der Waals surface area contributed by atoms with E-state index in [-0.39, 0.29) is 16.5 Å². The van der Waals surface area contributed by atoms with Crippen LogP contribution in [0.15, 0.2) is 33.2 Å². The number of hydrogen-bond donors (Lipinski definition) is 2. The Hall–Kier alpha value is -1.24. The van der Waals surface area contributed by atoms with Gasteiger partial charge in [0.15, 0.2) is 9.84 Å². The largest absolute Gasteiger partial charge is 0.391 e. The van der Waals surface area contributed by atoms with Gasteiger partial charge in [-0.1, -0.05) is 6.07 Å². The van der Waals surface area contributed by atoms with Crippen LogP contribution in [0.1, 0.15) is 10.4 Å². The number of nitrogens with one attached hydrogen (secondary N) is 1. The monoisotopic (exact) mass is 342 g/mol. The first kappa shape index (κ1) is 16.1. The summed E-state index contributed by atoms with van der Waals surface area (Å²) in [6.45, 7) is 0.687. The van der Waals surface area contributed by atoms with E-state index in [9.17, 15) is 13.5 Å². The quantitative estimate of drug-likeness (QED) is 0.798. The van der Waals surface area contributed by atoms with Gasteiger partial charge in [-0.3, -0.25) is 0 Å². The second kappa shape index (κ2) is 7.15. The molecule has 1 atom stereocenters. The molecule has 21 heavy (non-hydrogen) atoms. The third-order valence-corrected chi connectivity index (χ3v) is 6.90. The van der Waals surface area contributed by atoms with Crippen LogP contribution in [0.25, 0.3) is 0 Å². The highest BCUT2D eigenvalue weighted by Crippen LogP contribution is 2.18. The van der Waals surface area contributed by atoms with Gasteiger partial charge in [0.05, 0.1) is 17.4 Å². The highest BCUT2D eigenvalue weighted by molar-refractivity contribution is 7.93. The molecule has 0 spiro atoms. The Labute approximate surface area is 131 Å². The van der Waals surface area contributed by atoms with Crippen molar-refractivity contribution >= 4 is 32.5 Å². The molecule has 5 nitrogen and oxygen atoms in total. The van der Waals surface area contributed by atoms with Gasteiger partial charge in [0, 0.05) is 23.3 Å². The molecule has 0 bridgehead atoms. The van der Waals surface area contributed by atoms with E-state index in [1.54, 1.807) is 22.9 Å². The molecule has 0 fully saturated rings. The van der Waals surface area contributed by atoms with Crippen LogP contribution in [0.4, 0.5) is 0 Å². The average molecular weight is 342 g/mol. The molecule has 0 aliphatic heterocycles. The predicted molar refractivity (Wildman–Crippen MR) is 83.1 cm³/mol. The van der Waals surface area contributed by atoms with Gasteiger partial charge in [-0.15, -0.1) is 22.7 Å². The fraction of sp³-hybridized carbons (Fsp3) is 0.308. The summed E-state index contributed by atoms with van der Waals surface area (Å²) >= 11 is 2.60. The number of aliphatic hydroxyl groups is 1. The molecule has 112 valence electrons. The molecule has 2 aromatic rings. The van der Waals surface area contributed by atoms with Crippen LogP contribution in [-0.4, -0.2) is 31.9 Å². The lowest BCUT2D eigenvalue weighted by molar-refractivity contribution is 0.193. The summed E-state index contributed by atoms with van der Waals surface area (Å²) in [5.41, 5.74) is 0.609. The van der Waals surface area contributed by atoms with Gasteiger partial charge in [-0.05, 0) is 17.5 Å². The lowest BCUT2D eigenvalue weighted by Crippen LogP contribution is -2.32. The predicted octanol–water partition coefficient (Wildman–Crippen LogP) is 1.61. The lowest BCUT2D eigenvalue weighted by Gasteiger charge is -2.11. The number of nitriles is 1. The SMILES string of the molecule is N#Cc1csc(CNCC(O)CS(=O)(=O)c2cccs2)c1. The van der Waals surface area contributed by atoms with Gasteiger partial charge in [-0.2, -0.15) is 5.26 Å². The number of hydrogen-bond acceptors (Lipinski definition) is 7. The molecule has 2 N–H and O–H groups in total. The van der Waals surface area contributed by atoms with Gasteiger partial charge in [-0.25, -0.2) is 8.42 Å². The highest BCUT2D eigenvalue weighted by atomic mass is 32.2. The average Bonchev–Trinajstić information content (AvgIpc) is 3.09. The molecular weight excluding hydrogens is 328 g/mol. The summed E-state index contributed by atoms with van der Waals surface area (Å²) in [7, 11) is -3.42. The normalized spacial score (nSPS) is 13.0. The fourth-order valence-corrected chi connectivity index (χ4v) is 4.99. The van der Waals surface area contributed by atoms with Crippen LogP contribution < -0.4 is 5.32 Å². The van der Waals surface area contributed by atoms with Gasteiger partial charge >= 0.3 is 0 Å². The summed E-state index contributed by atoms with van der Waals surface area (Å²) in [5, 5.41) is 25.0. The fourth-order valence-electron chi connectivity index (χ4n) is 1.73. The third kappa shape index (κ3) is 4.62. The Morgan fingerprint density at radius 1 is 1.43 bits per heavy atom. The molecule has 2 rings (SSSR count). The molecule has 0 aromatic carbocycles. The highest BCUT2D eigenvalue weighted by Gasteiger charge is 2.20. The van der Waals surface area contributed by atoms with Gasteiger partial charge in [0.1, 0.15) is 10.3 Å². The van der Waals surface area contributed by atoms with Crippen molar-refractivity contribution in [2.75, 3.05) is 12.3 Å². The summed E-state index contributed by atoms with van der Waals surface area (Å²) < 4.78 is 24.2. The van der Waals surface area contributed by atoms with Crippen LogP contribution in [0.5, 0.6) is 0 Å². The number of aliphatic hydroxyl groups excluding tert-OH is 1. The molecular formula is C13H14N2O3S3. The zero-order valence-corrected chi connectivity index (χ0v) is 13.5. The van der Waals surface area contributed by atoms with E-state index in [0.717, 1.165) is 16.2 Å². The molecule has 0 aliphatic carbocycles. The van der Waals surface area contributed by atoms with Crippen molar-refractivity contribution in [3.63, 3.8) is 0 Å². The van der Waals surface area contributed by atoms with Crippen molar-refractivity contribution in [3.8, 4) is 6.07 Å². The number of nitrogens with zero attached hydrogens (tertiary/aromatic N) is 1. The maximum Gasteiger partial charge on any atom is 0.190 e. The first-order valence-electron chi connectivity index (χ1n) is 6.14. The van der Waals surface area contributed by atoms with Crippen LogP contribution in [0.2, 0.25) is 0 Å². The van der Waals surface area contributed by atoms with E-state index in [0.29, 0.717) is 12.1 Å². The molecule has 8 heteroatoms. The summed E-state index contributed by atoms with van der Waals surface area (Å²) in [5.74, 6) is -0.297. The molecule has 0 radical (unpaired) electrons. The topological polar surface area (TPSA) is 90.2 Å². The Kier molecular flexibility index (Phi) is 5.50. The standard InChI is InChI=1S/C13H14N2O3S3/c14-5-10-4-12(20-8-10)7-15-6-11(16)9-21(17,18)13-2-1-3-19-13/h1-4,8,11,15-16H,6-7,9H2. The van der Waals surface area contributed by atoms with Crippen LogP contribution in [0.3, 0.4) is 0 Å². The van der Waals surface area contributed by atoms with Crippen molar-refractivity contribution in [3.05, 3.63) is 39.4 Å². The maximum atomic E-state index is 12.0. The Morgan fingerprint density at radius 2 is 2.24 bits per heavy atom. The summed E-state index contributed by atoms with van der Waals surface area (Å²) in [6.07, 6.45) is -0.965.